The van der Waals surface area contributed by atoms with Crippen LogP contribution < -0.4 is 15.8 Å². The number of carbonyl (C=O) groups excluding carboxylic acids is 1. The highest BCUT2D eigenvalue weighted by atomic mass is 127. The maximum atomic E-state index is 11.5. The van der Waals surface area contributed by atoms with Gasteiger partial charge in [0.05, 0.1) is 12.0 Å². The third-order valence-electron chi connectivity index (χ3n) is 4.41. The predicted molar refractivity (Wildman–Crippen MR) is 116 cm³/mol. The highest BCUT2D eigenvalue weighted by Gasteiger charge is 2.26. The van der Waals surface area contributed by atoms with E-state index in [4.69, 9.17) is 10.5 Å². The monoisotopic (exact) mass is 474 g/mol. The number of ether oxygens (including phenoxy) is 1. The molecule has 0 unspecified atom stereocenters. The minimum absolute atomic E-state index is 0. The molecule has 1 aromatic rings. The fourth-order valence-electron chi connectivity index (χ4n) is 2.65. The molecule has 1 saturated heterocycles. The van der Waals surface area contributed by atoms with E-state index in [0.717, 1.165) is 44.2 Å². The lowest BCUT2D eigenvalue weighted by Crippen LogP contribution is -2.48. The molecular weight excluding hydrogens is 443 g/mol. The van der Waals surface area contributed by atoms with E-state index in [1.165, 1.54) is 0 Å². The van der Waals surface area contributed by atoms with Gasteiger partial charge in [0.25, 0.3) is 0 Å². The number of nitrogens with zero attached hydrogens (tertiary/aromatic N) is 2. The number of halogens is 1. The number of carbonyl (C=O) groups is 1. The van der Waals surface area contributed by atoms with Crippen molar-refractivity contribution in [3.63, 3.8) is 0 Å². The number of amides is 1. The van der Waals surface area contributed by atoms with Gasteiger partial charge in [0.15, 0.2) is 5.96 Å². The normalized spacial score (nSPS) is 16.0. The Morgan fingerprint density at radius 2 is 1.92 bits per heavy atom. The van der Waals surface area contributed by atoms with E-state index in [0.29, 0.717) is 6.54 Å². The largest absolute Gasteiger partial charge is 0.490 e. The minimum Gasteiger partial charge on any atom is -0.490 e. The van der Waals surface area contributed by atoms with Gasteiger partial charge in [-0.2, -0.15) is 0 Å². The molecular formula is C19H31IN4O2. The first-order valence-electron chi connectivity index (χ1n) is 8.97. The maximum Gasteiger partial charge on any atom is 0.224 e. The molecule has 26 heavy (non-hydrogen) atoms. The van der Waals surface area contributed by atoms with Crippen LogP contribution in [0.5, 0.6) is 5.75 Å². The number of likely N-dealkylation sites (tertiary alicyclic amines) is 1. The number of guanidine groups is 1. The quantitative estimate of drug-likeness (QED) is 0.378. The third kappa shape index (κ3) is 6.66. The Labute approximate surface area is 173 Å². The Balaban J connectivity index is 0.00000338. The molecule has 1 aliphatic rings. The van der Waals surface area contributed by atoms with E-state index in [1.54, 1.807) is 0 Å². The molecule has 7 heteroatoms. The van der Waals surface area contributed by atoms with Crippen LogP contribution in [0.2, 0.25) is 0 Å². The number of benzene rings is 1. The van der Waals surface area contributed by atoms with Crippen molar-refractivity contribution in [1.29, 1.82) is 0 Å². The zero-order chi connectivity index (χ0) is 18.3. The predicted octanol–water partition coefficient (Wildman–Crippen LogP) is 2.62. The highest BCUT2D eigenvalue weighted by Crippen LogP contribution is 2.19. The topological polar surface area (TPSA) is 79.9 Å². The van der Waals surface area contributed by atoms with Crippen molar-refractivity contribution in [3.05, 3.63) is 30.3 Å². The fraction of sp³-hybridized carbons (Fsp3) is 0.579. The smallest absolute Gasteiger partial charge is 0.224 e. The zero-order valence-corrected chi connectivity index (χ0v) is 18.2. The van der Waals surface area contributed by atoms with Crippen LogP contribution in [-0.2, 0) is 4.79 Å². The van der Waals surface area contributed by atoms with Crippen LogP contribution >= 0.6 is 24.0 Å². The van der Waals surface area contributed by atoms with Crippen molar-refractivity contribution < 1.29 is 9.53 Å². The zero-order valence-electron chi connectivity index (χ0n) is 15.9. The Kier molecular flexibility index (Phi) is 9.18. The number of hydrogen-bond acceptors (Lipinski definition) is 3. The van der Waals surface area contributed by atoms with Crippen molar-refractivity contribution in [3.8, 4) is 5.75 Å². The Hall–Kier alpha value is -1.51. The van der Waals surface area contributed by atoms with Gasteiger partial charge in [0, 0.05) is 32.5 Å². The van der Waals surface area contributed by atoms with Gasteiger partial charge >= 0.3 is 0 Å². The molecule has 0 atom stereocenters. The Morgan fingerprint density at radius 1 is 1.31 bits per heavy atom. The van der Waals surface area contributed by atoms with Gasteiger partial charge < -0.3 is 20.7 Å². The van der Waals surface area contributed by atoms with E-state index in [2.05, 4.69) is 15.2 Å². The summed E-state index contributed by atoms with van der Waals surface area (Å²) in [6.07, 6.45) is 2.11. The summed E-state index contributed by atoms with van der Waals surface area (Å²) in [6.45, 7) is 8.60. The first-order valence-corrected chi connectivity index (χ1v) is 8.97. The lowest BCUT2D eigenvalue weighted by molar-refractivity contribution is -0.125. The van der Waals surface area contributed by atoms with Crippen LogP contribution in [0.15, 0.2) is 35.3 Å². The first-order chi connectivity index (χ1) is 11.9. The summed E-state index contributed by atoms with van der Waals surface area (Å²) in [6, 6.07) is 9.94. The Bertz CT molecular complexity index is 584. The molecule has 6 nitrogen and oxygen atoms in total. The number of rotatable bonds is 6. The van der Waals surface area contributed by atoms with Crippen molar-refractivity contribution in [2.24, 2.45) is 16.1 Å². The van der Waals surface area contributed by atoms with E-state index < -0.39 is 5.41 Å². The van der Waals surface area contributed by atoms with Crippen LogP contribution in [-0.4, -0.2) is 49.0 Å². The van der Waals surface area contributed by atoms with E-state index in [9.17, 15) is 4.79 Å². The number of para-hydroxylation sites is 1. The lowest BCUT2D eigenvalue weighted by atomic mass is 9.93. The molecule has 3 N–H and O–H groups in total. The van der Waals surface area contributed by atoms with E-state index >= 15 is 0 Å². The molecule has 0 saturated carbocycles. The van der Waals surface area contributed by atoms with Crippen molar-refractivity contribution in [2.75, 3.05) is 26.2 Å². The van der Waals surface area contributed by atoms with Crippen molar-refractivity contribution in [1.82, 2.24) is 10.2 Å². The molecule has 0 aliphatic carbocycles. The number of primary amides is 1. The SMILES string of the molecule is CCNC(=NCC(C)(C)C(N)=O)N1CCC(Oc2ccccc2)CC1.I. The molecule has 0 bridgehead atoms. The van der Waals surface area contributed by atoms with Gasteiger partial charge in [-0.15, -0.1) is 24.0 Å². The van der Waals surface area contributed by atoms with Crippen LogP contribution in [0.3, 0.4) is 0 Å². The van der Waals surface area contributed by atoms with Crippen LogP contribution in [0, 0.1) is 5.41 Å². The molecule has 2 rings (SSSR count). The van der Waals surface area contributed by atoms with Crippen molar-refractivity contribution >= 4 is 35.8 Å². The van der Waals surface area contributed by atoms with Gasteiger partial charge in [-0.1, -0.05) is 18.2 Å². The third-order valence-corrected chi connectivity index (χ3v) is 4.41. The molecule has 0 spiro atoms. The fourth-order valence-corrected chi connectivity index (χ4v) is 2.65. The summed E-state index contributed by atoms with van der Waals surface area (Å²) in [5.74, 6) is 1.43. The second-order valence-electron chi connectivity index (χ2n) is 7.04. The molecule has 1 fully saturated rings. The summed E-state index contributed by atoms with van der Waals surface area (Å²) in [4.78, 5) is 18.3. The Morgan fingerprint density at radius 3 is 2.46 bits per heavy atom. The molecule has 0 aromatic heterocycles. The number of aliphatic imine (C=N–C) groups is 1. The number of nitrogens with two attached hydrogens (primary N) is 1. The second kappa shape index (κ2) is 10.6. The van der Waals surface area contributed by atoms with Gasteiger partial charge in [-0.3, -0.25) is 9.79 Å². The van der Waals surface area contributed by atoms with Gasteiger partial charge in [0.2, 0.25) is 5.91 Å². The number of nitrogens with one attached hydrogen (secondary N) is 1. The minimum atomic E-state index is -0.643. The molecule has 1 aliphatic heterocycles. The second-order valence-corrected chi connectivity index (χ2v) is 7.04. The summed E-state index contributed by atoms with van der Waals surface area (Å²) >= 11 is 0. The van der Waals surface area contributed by atoms with Crippen molar-refractivity contribution in [2.45, 2.75) is 39.7 Å². The van der Waals surface area contributed by atoms with Crippen LogP contribution in [0.4, 0.5) is 0 Å². The van der Waals surface area contributed by atoms with Gasteiger partial charge in [0.1, 0.15) is 11.9 Å². The summed E-state index contributed by atoms with van der Waals surface area (Å²) in [5.41, 5.74) is 4.80. The molecule has 1 heterocycles. The van der Waals surface area contributed by atoms with Gasteiger partial charge in [-0.25, -0.2) is 0 Å². The van der Waals surface area contributed by atoms with E-state index in [1.807, 2.05) is 51.1 Å². The molecule has 1 amide bonds. The highest BCUT2D eigenvalue weighted by molar-refractivity contribution is 14.0. The average molecular weight is 474 g/mol. The van der Waals surface area contributed by atoms with Crippen LogP contribution in [0.25, 0.3) is 0 Å². The lowest BCUT2D eigenvalue weighted by Gasteiger charge is -2.34. The maximum absolute atomic E-state index is 11.5. The summed E-state index contributed by atoms with van der Waals surface area (Å²) < 4.78 is 6.04. The summed E-state index contributed by atoms with van der Waals surface area (Å²) in [5, 5.41) is 3.31. The first kappa shape index (κ1) is 22.5. The summed E-state index contributed by atoms with van der Waals surface area (Å²) in [7, 11) is 0. The number of hydrogen-bond donors (Lipinski definition) is 2. The molecule has 0 radical (unpaired) electrons. The van der Waals surface area contributed by atoms with E-state index in [-0.39, 0.29) is 36.0 Å². The number of piperidine rings is 1. The van der Waals surface area contributed by atoms with Gasteiger partial charge in [-0.05, 0) is 32.9 Å². The molecule has 146 valence electrons. The standard InChI is InChI=1S/C19H30N4O2.HI/c1-4-21-18(22-14-19(2,3)17(20)24)23-12-10-16(11-13-23)25-15-8-6-5-7-9-15;/h5-9,16H,4,10-14H2,1-3H3,(H2,20,24)(H,21,22);1H. The molecule has 1 aromatic carbocycles. The van der Waals surface area contributed by atoms with Crippen LogP contribution in [0.1, 0.15) is 33.6 Å². The average Bonchev–Trinajstić information content (AvgIpc) is 2.60.